The van der Waals surface area contributed by atoms with E-state index in [0.29, 0.717) is 34.5 Å². The predicted molar refractivity (Wildman–Crippen MR) is 101 cm³/mol. The third kappa shape index (κ3) is 4.79. The van der Waals surface area contributed by atoms with Gasteiger partial charge >= 0.3 is 0 Å². The topological polar surface area (TPSA) is 79.6 Å². The zero-order valence-electron chi connectivity index (χ0n) is 13.8. The fourth-order valence-electron chi connectivity index (χ4n) is 2.96. The average molecular weight is 417 g/mol. The van der Waals surface area contributed by atoms with Gasteiger partial charge in [-0.15, -0.1) is 0 Å². The highest BCUT2D eigenvalue weighted by molar-refractivity contribution is 7.91. The number of benzene rings is 1. The van der Waals surface area contributed by atoms with Crippen molar-refractivity contribution < 1.29 is 17.6 Å². The second-order valence-corrected chi connectivity index (χ2v) is 9.23. The van der Waals surface area contributed by atoms with Crippen molar-refractivity contribution in [2.75, 3.05) is 23.4 Å². The smallest absolute Gasteiger partial charge is 0.238 e. The van der Waals surface area contributed by atoms with Gasteiger partial charge in [0.2, 0.25) is 5.91 Å². The Morgan fingerprint density at radius 3 is 2.54 bits per heavy atom. The molecule has 1 unspecified atom stereocenters. The van der Waals surface area contributed by atoms with Gasteiger partial charge in [-0.2, -0.15) is 0 Å². The third-order valence-electron chi connectivity index (χ3n) is 4.24. The van der Waals surface area contributed by atoms with Crippen molar-refractivity contribution >= 4 is 44.6 Å². The standard InChI is InChI=1S/C17H18Cl2N2O4S/c18-14-4-1-5-15(19)17(14)20-16(22)10-21(9-13-3-2-7-25-13)12-6-8-26(23,24)11-12/h1-5,7,12H,6,8-11H2,(H,20,22). The maximum atomic E-state index is 12.5. The molecule has 6 nitrogen and oxygen atoms in total. The van der Waals surface area contributed by atoms with Crippen molar-refractivity contribution in [3.8, 4) is 0 Å². The summed E-state index contributed by atoms with van der Waals surface area (Å²) in [4.78, 5) is 14.3. The van der Waals surface area contributed by atoms with E-state index in [1.165, 1.54) is 0 Å². The Morgan fingerprint density at radius 2 is 1.96 bits per heavy atom. The summed E-state index contributed by atoms with van der Waals surface area (Å²) in [5.74, 6) is 0.506. The van der Waals surface area contributed by atoms with Crippen LogP contribution < -0.4 is 5.32 Å². The Balaban J connectivity index is 1.73. The zero-order chi connectivity index (χ0) is 18.7. The molecule has 9 heteroatoms. The van der Waals surface area contributed by atoms with Crippen LogP contribution in [0.4, 0.5) is 5.69 Å². The quantitative estimate of drug-likeness (QED) is 0.781. The van der Waals surface area contributed by atoms with E-state index in [2.05, 4.69) is 5.32 Å². The van der Waals surface area contributed by atoms with Gasteiger partial charge in [-0.1, -0.05) is 29.3 Å². The second-order valence-electron chi connectivity index (χ2n) is 6.19. The molecule has 0 bridgehead atoms. The van der Waals surface area contributed by atoms with Gasteiger partial charge in [-0.05, 0) is 30.7 Å². The summed E-state index contributed by atoms with van der Waals surface area (Å²) in [7, 11) is -3.07. The fourth-order valence-corrected chi connectivity index (χ4v) is 5.21. The number of anilines is 1. The Morgan fingerprint density at radius 1 is 1.23 bits per heavy atom. The number of amides is 1. The van der Waals surface area contributed by atoms with Gasteiger partial charge in [0.1, 0.15) is 5.76 Å². The molecule has 1 amide bonds. The first-order valence-corrected chi connectivity index (χ1v) is 10.6. The third-order valence-corrected chi connectivity index (χ3v) is 6.62. The number of para-hydroxylation sites is 1. The van der Waals surface area contributed by atoms with Crippen molar-refractivity contribution in [2.24, 2.45) is 0 Å². The number of sulfone groups is 1. The molecule has 1 N–H and O–H groups in total. The van der Waals surface area contributed by atoms with E-state index in [1.807, 2.05) is 4.90 Å². The van der Waals surface area contributed by atoms with Crippen molar-refractivity contribution in [2.45, 2.75) is 19.0 Å². The van der Waals surface area contributed by atoms with Gasteiger partial charge < -0.3 is 9.73 Å². The molecule has 0 aliphatic carbocycles. The Labute approximate surface area is 162 Å². The van der Waals surface area contributed by atoms with Crippen LogP contribution in [0.25, 0.3) is 0 Å². The van der Waals surface area contributed by atoms with E-state index in [-0.39, 0.29) is 30.0 Å². The largest absolute Gasteiger partial charge is 0.468 e. The summed E-state index contributed by atoms with van der Waals surface area (Å²) in [5, 5.41) is 3.39. The highest BCUT2D eigenvalue weighted by atomic mass is 35.5. The zero-order valence-corrected chi connectivity index (χ0v) is 16.1. The van der Waals surface area contributed by atoms with E-state index < -0.39 is 9.84 Å². The molecule has 1 aromatic carbocycles. The van der Waals surface area contributed by atoms with E-state index >= 15 is 0 Å². The molecule has 140 valence electrons. The minimum absolute atomic E-state index is 0.00242. The van der Waals surface area contributed by atoms with Gasteiger partial charge in [-0.25, -0.2) is 8.42 Å². The minimum atomic E-state index is -3.07. The van der Waals surface area contributed by atoms with Crippen LogP contribution in [0.3, 0.4) is 0 Å². The lowest BCUT2D eigenvalue weighted by Gasteiger charge is -2.26. The van der Waals surface area contributed by atoms with E-state index in [4.69, 9.17) is 27.6 Å². The maximum Gasteiger partial charge on any atom is 0.238 e. The molecule has 1 fully saturated rings. The van der Waals surface area contributed by atoms with Crippen LogP contribution in [-0.4, -0.2) is 43.3 Å². The Bertz CT molecular complexity index is 864. The monoisotopic (exact) mass is 416 g/mol. The molecule has 2 heterocycles. The van der Waals surface area contributed by atoms with Crippen LogP contribution >= 0.6 is 23.2 Å². The number of hydrogen-bond acceptors (Lipinski definition) is 5. The SMILES string of the molecule is O=C(CN(Cc1ccco1)C1CCS(=O)(=O)C1)Nc1c(Cl)cccc1Cl. The minimum Gasteiger partial charge on any atom is -0.468 e. The number of rotatable bonds is 6. The number of carbonyl (C=O) groups excluding carboxylic acids is 1. The van der Waals surface area contributed by atoms with Gasteiger partial charge in [0.25, 0.3) is 0 Å². The highest BCUT2D eigenvalue weighted by Crippen LogP contribution is 2.30. The molecule has 1 atom stereocenters. The molecule has 2 aromatic rings. The van der Waals surface area contributed by atoms with Gasteiger partial charge in [-0.3, -0.25) is 9.69 Å². The van der Waals surface area contributed by atoms with Crippen LogP contribution in [0.2, 0.25) is 10.0 Å². The van der Waals surface area contributed by atoms with Crippen LogP contribution in [0, 0.1) is 0 Å². The van der Waals surface area contributed by atoms with E-state index in [9.17, 15) is 13.2 Å². The van der Waals surface area contributed by atoms with Crippen molar-refractivity contribution in [3.05, 3.63) is 52.4 Å². The molecule has 3 rings (SSSR count). The fraction of sp³-hybridized carbons (Fsp3) is 0.353. The van der Waals surface area contributed by atoms with Gasteiger partial charge in [0.05, 0.1) is 46.6 Å². The highest BCUT2D eigenvalue weighted by Gasteiger charge is 2.33. The average Bonchev–Trinajstić information content (AvgIpc) is 3.20. The molecule has 0 saturated carbocycles. The van der Waals surface area contributed by atoms with Crippen molar-refractivity contribution in [3.63, 3.8) is 0 Å². The molecule has 26 heavy (non-hydrogen) atoms. The van der Waals surface area contributed by atoms with Crippen molar-refractivity contribution in [1.82, 2.24) is 4.90 Å². The van der Waals surface area contributed by atoms with E-state index in [0.717, 1.165) is 0 Å². The van der Waals surface area contributed by atoms with E-state index in [1.54, 1.807) is 36.6 Å². The number of carbonyl (C=O) groups is 1. The Hall–Kier alpha value is -1.54. The number of nitrogens with zero attached hydrogens (tertiary/aromatic N) is 1. The molecular weight excluding hydrogens is 399 g/mol. The lowest BCUT2D eigenvalue weighted by atomic mass is 10.2. The Kier molecular flexibility index (Phi) is 5.92. The molecule has 1 aliphatic heterocycles. The maximum absolute atomic E-state index is 12.5. The molecule has 1 aromatic heterocycles. The first-order chi connectivity index (χ1) is 12.3. The number of halogens is 2. The second kappa shape index (κ2) is 8.00. The molecule has 0 spiro atoms. The number of hydrogen-bond donors (Lipinski definition) is 1. The van der Waals surface area contributed by atoms with Crippen LogP contribution in [0.15, 0.2) is 41.0 Å². The lowest BCUT2D eigenvalue weighted by molar-refractivity contribution is -0.118. The summed E-state index contributed by atoms with van der Waals surface area (Å²) in [6.45, 7) is 0.347. The first-order valence-electron chi connectivity index (χ1n) is 8.05. The summed E-state index contributed by atoms with van der Waals surface area (Å²) < 4.78 is 29.0. The normalized spacial score (nSPS) is 19.0. The van der Waals surface area contributed by atoms with Crippen LogP contribution in [-0.2, 0) is 21.2 Å². The summed E-state index contributed by atoms with van der Waals surface area (Å²) in [5.41, 5.74) is 0.345. The number of nitrogens with one attached hydrogen (secondary N) is 1. The predicted octanol–water partition coefficient (Wildman–Crippen LogP) is 3.21. The summed E-state index contributed by atoms with van der Waals surface area (Å²) in [6.07, 6.45) is 2.03. The van der Waals surface area contributed by atoms with Crippen LogP contribution in [0.5, 0.6) is 0 Å². The van der Waals surface area contributed by atoms with Crippen LogP contribution in [0.1, 0.15) is 12.2 Å². The van der Waals surface area contributed by atoms with Crippen molar-refractivity contribution in [1.29, 1.82) is 0 Å². The number of furan rings is 1. The summed E-state index contributed by atoms with van der Waals surface area (Å²) >= 11 is 12.2. The molecule has 0 radical (unpaired) electrons. The molecule has 1 saturated heterocycles. The summed E-state index contributed by atoms with van der Waals surface area (Å²) in [6, 6.07) is 8.26. The first kappa shape index (κ1) is 19.2. The molecule has 1 aliphatic rings. The van der Waals surface area contributed by atoms with Gasteiger partial charge in [0.15, 0.2) is 9.84 Å². The molecular formula is C17H18Cl2N2O4S. The lowest BCUT2D eigenvalue weighted by Crippen LogP contribution is -2.41. The van der Waals surface area contributed by atoms with Gasteiger partial charge in [0, 0.05) is 6.04 Å².